The maximum atomic E-state index is 12.6. The number of rotatable bonds is 13. The standard InChI is InChI=1S/C24H28O7/c1-3-24(4-2,23(27)30-18-17-29-20-13-9-6-10-14-20)31-22(26)21(25)15-16-28-19-11-7-5-8-12-19/h5-14H,3-4,15-18H2,1-2H3. The van der Waals surface area contributed by atoms with Gasteiger partial charge in [0.1, 0.15) is 24.7 Å². The Morgan fingerprint density at radius 1 is 0.742 bits per heavy atom. The van der Waals surface area contributed by atoms with Crippen molar-refractivity contribution in [2.24, 2.45) is 0 Å². The summed E-state index contributed by atoms with van der Waals surface area (Å²) in [4.78, 5) is 37.0. The van der Waals surface area contributed by atoms with Crippen LogP contribution in [0.3, 0.4) is 0 Å². The molecule has 0 aliphatic carbocycles. The third kappa shape index (κ3) is 7.44. The van der Waals surface area contributed by atoms with E-state index in [2.05, 4.69) is 0 Å². The van der Waals surface area contributed by atoms with Gasteiger partial charge in [0.05, 0.1) is 13.0 Å². The number of ether oxygens (including phenoxy) is 4. The molecule has 0 spiro atoms. The molecule has 0 fully saturated rings. The van der Waals surface area contributed by atoms with Crippen molar-refractivity contribution in [2.45, 2.75) is 38.7 Å². The SMILES string of the molecule is CCC(CC)(OC(=O)C(=O)CCOc1ccccc1)C(=O)OCCOc1ccccc1. The first-order chi connectivity index (χ1) is 15.0. The minimum atomic E-state index is -1.51. The molecule has 0 aromatic heterocycles. The fourth-order valence-electron chi connectivity index (χ4n) is 2.78. The second kappa shape index (κ2) is 12.4. The van der Waals surface area contributed by atoms with Crippen LogP contribution in [0.25, 0.3) is 0 Å². The Kier molecular flexibility index (Phi) is 9.55. The highest BCUT2D eigenvalue weighted by atomic mass is 16.6. The molecular weight excluding hydrogens is 400 g/mol. The summed E-state index contributed by atoms with van der Waals surface area (Å²) in [5.74, 6) is -1.27. The average Bonchev–Trinajstić information content (AvgIpc) is 2.81. The van der Waals surface area contributed by atoms with Gasteiger partial charge in [-0.25, -0.2) is 9.59 Å². The molecule has 166 valence electrons. The van der Waals surface area contributed by atoms with Gasteiger partial charge in [-0.2, -0.15) is 0 Å². The fraction of sp³-hybridized carbons (Fsp3) is 0.375. The Bertz CT molecular complexity index is 830. The van der Waals surface area contributed by atoms with Crippen LogP contribution in [0, 0.1) is 0 Å². The minimum absolute atomic E-state index is 0.00805. The van der Waals surface area contributed by atoms with E-state index in [0.29, 0.717) is 11.5 Å². The number of carbonyl (C=O) groups excluding carboxylic acids is 3. The number of hydrogen-bond acceptors (Lipinski definition) is 7. The highest BCUT2D eigenvalue weighted by Gasteiger charge is 2.42. The van der Waals surface area contributed by atoms with Crippen molar-refractivity contribution in [1.82, 2.24) is 0 Å². The predicted molar refractivity (Wildman–Crippen MR) is 114 cm³/mol. The molecule has 0 radical (unpaired) electrons. The average molecular weight is 428 g/mol. The molecule has 0 aliphatic heterocycles. The minimum Gasteiger partial charge on any atom is -0.493 e. The lowest BCUT2D eigenvalue weighted by molar-refractivity contribution is -0.185. The first-order valence-electron chi connectivity index (χ1n) is 10.3. The van der Waals surface area contributed by atoms with Crippen LogP contribution in [-0.2, 0) is 23.9 Å². The Balaban J connectivity index is 1.81. The Morgan fingerprint density at radius 3 is 1.77 bits per heavy atom. The van der Waals surface area contributed by atoms with Crippen LogP contribution >= 0.6 is 0 Å². The second-order valence-electron chi connectivity index (χ2n) is 6.72. The van der Waals surface area contributed by atoms with Crippen molar-refractivity contribution in [3.63, 3.8) is 0 Å². The molecule has 0 saturated heterocycles. The van der Waals surface area contributed by atoms with Gasteiger partial charge in [-0.1, -0.05) is 50.2 Å². The maximum absolute atomic E-state index is 12.6. The van der Waals surface area contributed by atoms with Crippen LogP contribution in [0.1, 0.15) is 33.1 Å². The summed E-state index contributed by atoms with van der Waals surface area (Å²) in [6.45, 7) is 3.57. The zero-order valence-electron chi connectivity index (χ0n) is 17.9. The lowest BCUT2D eigenvalue weighted by Crippen LogP contribution is -2.45. The van der Waals surface area contributed by atoms with Crippen LogP contribution < -0.4 is 9.47 Å². The van der Waals surface area contributed by atoms with Gasteiger partial charge in [0.2, 0.25) is 11.4 Å². The van der Waals surface area contributed by atoms with E-state index in [0.717, 1.165) is 0 Å². The van der Waals surface area contributed by atoms with Crippen molar-refractivity contribution in [3.8, 4) is 11.5 Å². The van der Waals surface area contributed by atoms with Crippen LogP contribution in [0.2, 0.25) is 0 Å². The van der Waals surface area contributed by atoms with Crippen LogP contribution in [-0.4, -0.2) is 43.1 Å². The zero-order chi connectivity index (χ0) is 22.5. The third-order valence-corrected chi connectivity index (χ3v) is 4.70. The molecule has 7 heteroatoms. The molecular formula is C24H28O7. The van der Waals surface area contributed by atoms with Gasteiger partial charge in [0.15, 0.2) is 0 Å². The number of ketones is 1. The second-order valence-corrected chi connectivity index (χ2v) is 6.72. The van der Waals surface area contributed by atoms with Gasteiger partial charge in [-0.3, -0.25) is 4.79 Å². The Morgan fingerprint density at radius 2 is 1.26 bits per heavy atom. The Labute approximate surface area is 182 Å². The van der Waals surface area contributed by atoms with E-state index >= 15 is 0 Å². The molecule has 0 bridgehead atoms. The first kappa shape index (κ1) is 23.9. The topological polar surface area (TPSA) is 88.1 Å². The van der Waals surface area contributed by atoms with Gasteiger partial charge in [0.25, 0.3) is 0 Å². The lowest BCUT2D eigenvalue weighted by Gasteiger charge is -2.28. The van der Waals surface area contributed by atoms with Gasteiger partial charge < -0.3 is 18.9 Å². The van der Waals surface area contributed by atoms with Crippen LogP contribution in [0.4, 0.5) is 0 Å². The number of esters is 2. The summed E-state index contributed by atoms with van der Waals surface area (Å²) >= 11 is 0. The molecule has 2 rings (SSSR count). The summed E-state index contributed by atoms with van der Waals surface area (Å²) in [5, 5.41) is 0. The monoisotopic (exact) mass is 428 g/mol. The van der Waals surface area contributed by atoms with Crippen molar-refractivity contribution in [2.75, 3.05) is 19.8 Å². The maximum Gasteiger partial charge on any atom is 0.375 e. The normalized spacial score (nSPS) is 10.8. The smallest absolute Gasteiger partial charge is 0.375 e. The first-order valence-corrected chi connectivity index (χ1v) is 10.3. The molecule has 2 aromatic rings. The van der Waals surface area contributed by atoms with E-state index in [9.17, 15) is 14.4 Å². The fourth-order valence-corrected chi connectivity index (χ4v) is 2.78. The number of benzene rings is 2. The largest absolute Gasteiger partial charge is 0.493 e. The molecule has 2 aromatic carbocycles. The summed E-state index contributed by atoms with van der Waals surface area (Å²) in [7, 11) is 0. The van der Waals surface area contributed by atoms with Crippen molar-refractivity contribution >= 4 is 17.7 Å². The molecule has 0 N–H and O–H groups in total. The van der Waals surface area contributed by atoms with Gasteiger partial charge in [-0.15, -0.1) is 0 Å². The van der Waals surface area contributed by atoms with Crippen LogP contribution in [0.15, 0.2) is 60.7 Å². The predicted octanol–water partition coefficient (Wildman–Crippen LogP) is 3.75. The van der Waals surface area contributed by atoms with E-state index in [1.54, 1.807) is 50.2 Å². The molecule has 0 heterocycles. The van der Waals surface area contributed by atoms with E-state index < -0.39 is 23.3 Å². The summed E-state index contributed by atoms with van der Waals surface area (Å²) in [6, 6.07) is 18.1. The molecule has 0 saturated carbocycles. The summed E-state index contributed by atoms with van der Waals surface area (Å²) in [6.07, 6.45) is 0.208. The van der Waals surface area contributed by atoms with E-state index in [1.807, 2.05) is 24.3 Å². The number of para-hydroxylation sites is 2. The van der Waals surface area contributed by atoms with Gasteiger partial charge >= 0.3 is 11.9 Å². The molecule has 7 nitrogen and oxygen atoms in total. The van der Waals surface area contributed by atoms with Crippen molar-refractivity contribution in [1.29, 1.82) is 0 Å². The lowest BCUT2D eigenvalue weighted by atomic mass is 9.97. The van der Waals surface area contributed by atoms with Crippen molar-refractivity contribution < 1.29 is 33.3 Å². The third-order valence-electron chi connectivity index (χ3n) is 4.70. The van der Waals surface area contributed by atoms with Crippen LogP contribution in [0.5, 0.6) is 11.5 Å². The van der Waals surface area contributed by atoms with E-state index in [1.165, 1.54) is 0 Å². The quantitative estimate of drug-likeness (QED) is 0.273. The van der Waals surface area contributed by atoms with E-state index in [-0.39, 0.29) is 39.1 Å². The van der Waals surface area contributed by atoms with E-state index in [4.69, 9.17) is 18.9 Å². The number of hydrogen-bond donors (Lipinski definition) is 0. The summed E-state index contributed by atoms with van der Waals surface area (Å²) in [5.41, 5.74) is -1.51. The van der Waals surface area contributed by atoms with Gasteiger partial charge in [0, 0.05) is 0 Å². The number of carbonyl (C=O) groups is 3. The molecule has 0 aliphatic rings. The molecule has 31 heavy (non-hydrogen) atoms. The highest BCUT2D eigenvalue weighted by molar-refractivity contribution is 6.33. The molecule has 0 amide bonds. The number of Topliss-reactive ketones (excluding diaryl/α,β-unsaturated/α-hetero) is 1. The Hall–Kier alpha value is -3.35. The highest BCUT2D eigenvalue weighted by Crippen LogP contribution is 2.23. The summed E-state index contributed by atoms with van der Waals surface area (Å²) < 4.78 is 21.5. The zero-order valence-corrected chi connectivity index (χ0v) is 17.9. The van der Waals surface area contributed by atoms with Gasteiger partial charge in [-0.05, 0) is 37.1 Å². The van der Waals surface area contributed by atoms with Crippen molar-refractivity contribution in [3.05, 3.63) is 60.7 Å². The molecule has 0 atom stereocenters. The molecule has 0 unspecified atom stereocenters.